The molecule has 5 nitrogen and oxygen atoms in total. The Hall–Kier alpha value is -0.980. The molecule has 1 aliphatic rings. The SMILES string of the molecule is CCC[C@@H](N)C(=O)N1CCN(Cc2csc(C(C)(C)C)n2)CC1. The molecular weight excluding hydrogens is 308 g/mol. The van der Waals surface area contributed by atoms with Crippen LogP contribution in [0.25, 0.3) is 0 Å². The summed E-state index contributed by atoms with van der Waals surface area (Å²) < 4.78 is 0. The van der Waals surface area contributed by atoms with Gasteiger partial charge in [0.15, 0.2) is 0 Å². The van der Waals surface area contributed by atoms with Crippen LogP contribution in [0.2, 0.25) is 0 Å². The van der Waals surface area contributed by atoms with Crippen LogP contribution in [-0.2, 0) is 16.8 Å². The lowest BCUT2D eigenvalue weighted by Crippen LogP contribution is -2.52. The number of hydrogen-bond acceptors (Lipinski definition) is 5. The summed E-state index contributed by atoms with van der Waals surface area (Å²) in [6, 6.07) is -0.334. The van der Waals surface area contributed by atoms with E-state index in [2.05, 4.69) is 38.0 Å². The van der Waals surface area contributed by atoms with Crippen LogP contribution in [0.4, 0.5) is 0 Å². The van der Waals surface area contributed by atoms with Gasteiger partial charge in [0.25, 0.3) is 0 Å². The van der Waals surface area contributed by atoms with Gasteiger partial charge >= 0.3 is 0 Å². The Kier molecular flexibility index (Phi) is 6.17. The molecule has 6 heteroatoms. The molecule has 130 valence electrons. The molecule has 0 aliphatic carbocycles. The zero-order valence-corrected chi connectivity index (χ0v) is 15.7. The highest BCUT2D eigenvalue weighted by Gasteiger charge is 2.25. The van der Waals surface area contributed by atoms with Crippen molar-refractivity contribution < 1.29 is 4.79 Å². The van der Waals surface area contributed by atoms with Crippen molar-refractivity contribution in [1.29, 1.82) is 0 Å². The zero-order valence-electron chi connectivity index (χ0n) is 14.8. The van der Waals surface area contributed by atoms with Gasteiger partial charge in [-0.05, 0) is 6.42 Å². The van der Waals surface area contributed by atoms with Crippen molar-refractivity contribution >= 4 is 17.2 Å². The average Bonchev–Trinajstić information content (AvgIpc) is 2.96. The molecule has 2 heterocycles. The first-order chi connectivity index (χ1) is 10.8. The Morgan fingerprint density at radius 1 is 1.35 bits per heavy atom. The lowest BCUT2D eigenvalue weighted by atomic mass is 9.98. The quantitative estimate of drug-likeness (QED) is 0.894. The van der Waals surface area contributed by atoms with E-state index in [1.165, 1.54) is 5.01 Å². The lowest BCUT2D eigenvalue weighted by molar-refractivity contribution is -0.134. The molecule has 0 spiro atoms. The minimum Gasteiger partial charge on any atom is -0.339 e. The van der Waals surface area contributed by atoms with Crippen LogP contribution in [0, 0.1) is 0 Å². The van der Waals surface area contributed by atoms with Crippen molar-refractivity contribution in [1.82, 2.24) is 14.8 Å². The smallest absolute Gasteiger partial charge is 0.239 e. The first kappa shape index (κ1) is 18.4. The van der Waals surface area contributed by atoms with Crippen LogP contribution in [0.1, 0.15) is 51.2 Å². The van der Waals surface area contributed by atoms with Crippen LogP contribution in [0.5, 0.6) is 0 Å². The molecule has 1 saturated heterocycles. The van der Waals surface area contributed by atoms with Crippen molar-refractivity contribution in [3.63, 3.8) is 0 Å². The number of carbonyl (C=O) groups excluding carboxylic acids is 1. The van der Waals surface area contributed by atoms with Gasteiger partial charge in [-0.25, -0.2) is 4.98 Å². The first-order valence-electron chi connectivity index (χ1n) is 8.53. The predicted molar refractivity (Wildman–Crippen MR) is 95.6 cm³/mol. The van der Waals surface area contributed by atoms with Gasteiger partial charge in [0.1, 0.15) is 0 Å². The van der Waals surface area contributed by atoms with Gasteiger partial charge < -0.3 is 10.6 Å². The van der Waals surface area contributed by atoms with Crippen molar-refractivity contribution in [2.45, 2.75) is 58.5 Å². The Labute approximate surface area is 143 Å². The molecule has 2 rings (SSSR count). The van der Waals surface area contributed by atoms with E-state index in [0.717, 1.165) is 51.3 Å². The molecule has 23 heavy (non-hydrogen) atoms. The third kappa shape index (κ3) is 4.99. The topological polar surface area (TPSA) is 62.5 Å². The summed E-state index contributed by atoms with van der Waals surface area (Å²) in [7, 11) is 0. The van der Waals surface area contributed by atoms with Gasteiger partial charge in [0.05, 0.1) is 16.7 Å². The molecular formula is C17H30N4OS. The summed E-state index contributed by atoms with van der Waals surface area (Å²) in [4.78, 5) is 21.3. The standard InChI is InChI=1S/C17H30N4OS/c1-5-6-14(18)15(22)21-9-7-20(8-10-21)11-13-12-23-16(19-13)17(2,3)4/h12,14H,5-11,18H2,1-4H3/t14-/m1/s1. The number of amides is 1. The van der Waals surface area contributed by atoms with Gasteiger partial charge in [-0.1, -0.05) is 34.1 Å². The summed E-state index contributed by atoms with van der Waals surface area (Å²) in [5.41, 5.74) is 7.20. The van der Waals surface area contributed by atoms with Crippen molar-refractivity contribution in [2.24, 2.45) is 5.73 Å². The minimum absolute atomic E-state index is 0.107. The lowest BCUT2D eigenvalue weighted by Gasteiger charge is -2.35. The Morgan fingerprint density at radius 2 is 2.00 bits per heavy atom. The van der Waals surface area contributed by atoms with Gasteiger partial charge in [0.2, 0.25) is 5.91 Å². The van der Waals surface area contributed by atoms with Crippen molar-refractivity contribution in [3.8, 4) is 0 Å². The third-order valence-electron chi connectivity index (χ3n) is 4.18. The van der Waals surface area contributed by atoms with Gasteiger partial charge in [-0.15, -0.1) is 11.3 Å². The maximum absolute atomic E-state index is 12.2. The fraction of sp³-hybridized carbons (Fsp3) is 0.765. The molecule has 1 aromatic rings. The second-order valence-corrected chi connectivity index (χ2v) is 8.25. The van der Waals surface area contributed by atoms with E-state index in [1.54, 1.807) is 11.3 Å². The minimum atomic E-state index is -0.334. The fourth-order valence-corrected chi connectivity index (χ4v) is 3.65. The van der Waals surface area contributed by atoms with Crippen molar-refractivity contribution in [2.75, 3.05) is 26.2 Å². The Morgan fingerprint density at radius 3 is 2.52 bits per heavy atom. The van der Waals surface area contributed by atoms with Crippen LogP contribution in [-0.4, -0.2) is 52.9 Å². The highest BCUT2D eigenvalue weighted by Crippen LogP contribution is 2.26. The summed E-state index contributed by atoms with van der Waals surface area (Å²) in [6.07, 6.45) is 1.72. The molecule has 1 aromatic heterocycles. The Bertz CT molecular complexity index is 515. The normalized spacial score (nSPS) is 18.2. The average molecular weight is 339 g/mol. The number of carbonyl (C=O) groups is 1. The molecule has 2 N–H and O–H groups in total. The first-order valence-corrected chi connectivity index (χ1v) is 9.41. The third-order valence-corrected chi connectivity index (χ3v) is 5.50. The fourth-order valence-electron chi connectivity index (χ4n) is 2.75. The van der Waals surface area contributed by atoms with Crippen LogP contribution >= 0.6 is 11.3 Å². The summed E-state index contributed by atoms with van der Waals surface area (Å²) in [6.45, 7) is 12.8. The van der Waals surface area contributed by atoms with Crippen LogP contribution in [0.15, 0.2) is 5.38 Å². The molecule has 0 unspecified atom stereocenters. The zero-order chi connectivity index (χ0) is 17.0. The molecule has 0 bridgehead atoms. The Balaban J connectivity index is 1.83. The van der Waals surface area contributed by atoms with E-state index in [-0.39, 0.29) is 17.4 Å². The molecule has 1 fully saturated rings. The van der Waals surface area contributed by atoms with Crippen molar-refractivity contribution in [3.05, 3.63) is 16.1 Å². The van der Waals surface area contributed by atoms with Crippen LogP contribution < -0.4 is 5.73 Å². The summed E-state index contributed by atoms with van der Waals surface area (Å²) in [5.74, 6) is 0.107. The maximum atomic E-state index is 12.2. The molecule has 0 aromatic carbocycles. The molecule has 0 radical (unpaired) electrons. The number of nitrogens with zero attached hydrogens (tertiary/aromatic N) is 3. The monoisotopic (exact) mass is 338 g/mol. The van der Waals surface area contributed by atoms with E-state index in [9.17, 15) is 4.79 Å². The number of hydrogen-bond donors (Lipinski definition) is 1. The van der Waals surface area contributed by atoms with Gasteiger partial charge in [-0.3, -0.25) is 9.69 Å². The second-order valence-electron chi connectivity index (χ2n) is 7.39. The molecule has 1 amide bonds. The van der Waals surface area contributed by atoms with E-state index >= 15 is 0 Å². The van der Waals surface area contributed by atoms with Gasteiger partial charge in [0, 0.05) is 43.5 Å². The molecule has 1 atom stereocenters. The molecule has 1 aliphatic heterocycles. The van der Waals surface area contributed by atoms with E-state index in [1.807, 2.05) is 4.90 Å². The summed E-state index contributed by atoms with van der Waals surface area (Å²) in [5, 5.41) is 3.35. The number of thiazole rings is 1. The predicted octanol–water partition coefficient (Wildman–Crippen LogP) is 2.21. The molecule has 0 saturated carbocycles. The maximum Gasteiger partial charge on any atom is 0.239 e. The number of aromatic nitrogens is 1. The number of piperazine rings is 1. The highest BCUT2D eigenvalue weighted by atomic mass is 32.1. The van der Waals surface area contributed by atoms with Gasteiger partial charge in [-0.2, -0.15) is 0 Å². The van der Waals surface area contributed by atoms with E-state index in [0.29, 0.717) is 0 Å². The largest absolute Gasteiger partial charge is 0.339 e. The summed E-state index contributed by atoms with van der Waals surface area (Å²) >= 11 is 1.74. The number of nitrogens with two attached hydrogens (primary N) is 1. The van der Waals surface area contributed by atoms with E-state index in [4.69, 9.17) is 10.7 Å². The van der Waals surface area contributed by atoms with Crippen LogP contribution in [0.3, 0.4) is 0 Å². The number of rotatable bonds is 5. The second kappa shape index (κ2) is 7.73. The highest BCUT2D eigenvalue weighted by molar-refractivity contribution is 7.09. The van der Waals surface area contributed by atoms with E-state index < -0.39 is 0 Å².